The fraction of sp³-hybridized carbons (Fsp3) is 0.364. The van der Waals surface area contributed by atoms with Crippen LogP contribution in [0.2, 0.25) is 0 Å². The minimum Gasteiger partial charge on any atom is -0.478 e. The van der Waals surface area contributed by atoms with Gasteiger partial charge in [-0.15, -0.1) is 0 Å². The number of rotatable bonds is 6. The van der Waals surface area contributed by atoms with Crippen molar-refractivity contribution in [3.8, 4) is 0 Å². The fourth-order valence-corrected chi connectivity index (χ4v) is 2.82. The van der Waals surface area contributed by atoms with Gasteiger partial charge in [0.1, 0.15) is 0 Å². The Hall–Kier alpha value is -1.54. The number of hydrogen-bond donors (Lipinski definition) is 2. The molecule has 0 amide bonds. The molecule has 0 unspecified atom stereocenters. The second-order valence-corrected chi connectivity index (χ2v) is 5.46. The van der Waals surface area contributed by atoms with Gasteiger partial charge in [0.2, 0.25) is 10.0 Å². The molecule has 0 aliphatic heterocycles. The second-order valence-electron chi connectivity index (χ2n) is 3.72. The number of hydrogen-bond acceptors (Lipinski definition) is 3. The normalized spacial score (nSPS) is 11.8. The Morgan fingerprint density at radius 1 is 1.42 bits per heavy atom. The minimum absolute atomic E-state index is 0.213. The van der Waals surface area contributed by atoms with Gasteiger partial charge in [0, 0.05) is 0 Å². The zero-order chi connectivity index (χ0) is 14.6. The highest BCUT2D eigenvalue weighted by Crippen LogP contribution is 2.18. The molecular weight excluding hydrogens is 280 g/mol. The zero-order valence-electron chi connectivity index (χ0n) is 10.1. The van der Waals surface area contributed by atoms with E-state index in [1.165, 1.54) is 12.1 Å². The summed E-state index contributed by atoms with van der Waals surface area (Å²) in [6.07, 6.45) is -2.48. The molecule has 0 aliphatic rings. The van der Waals surface area contributed by atoms with Crippen molar-refractivity contribution in [2.75, 3.05) is 6.54 Å². The predicted octanol–water partition coefficient (Wildman–Crippen LogP) is 1.49. The van der Waals surface area contributed by atoms with Crippen LogP contribution in [0.25, 0.3) is 0 Å². The third-order valence-electron chi connectivity index (χ3n) is 2.41. The fourth-order valence-electron chi connectivity index (χ4n) is 1.48. The molecule has 0 heterocycles. The summed E-state index contributed by atoms with van der Waals surface area (Å²) in [5.41, 5.74) is 0.154. The number of aromatic carboxylic acids is 1. The molecule has 0 radical (unpaired) electrons. The lowest BCUT2D eigenvalue weighted by Crippen LogP contribution is -2.29. The van der Waals surface area contributed by atoms with Crippen LogP contribution in [0.5, 0.6) is 0 Å². The Labute approximate surface area is 109 Å². The molecule has 0 spiro atoms. The number of nitrogens with one attached hydrogen (secondary N) is 1. The van der Waals surface area contributed by atoms with Crippen LogP contribution in [0.1, 0.15) is 22.8 Å². The van der Waals surface area contributed by atoms with Crippen molar-refractivity contribution in [3.63, 3.8) is 0 Å². The first-order valence-electron chi connectivity index (χ1n) is 5.42. The highest BCUT2D eigenvalue weighted by atomic mass is 32.2. The van der Waals surface area contributed by atoms with Gasteiger partial charge in [0.25, 0.3) is 6.43 Å². The number of alkyl halides is 2. The van der Waals surface area contributed by atoms with E-state index >= 15 is 0 Å². The van der Waals surface area contributed by atoms with E-state index in [-0.39, 0.29) is 10.5 Å². The van der Waals surface area contributed by atoms with E-state index in [9.17, 15) is 22.0 Å². The van der Waals surface area contributed by atoms with Crippen molar-refractivity contribution >= 4 is 16.0 Å². The van der Waals surface area contributed by atoms with Crippen molar-refractivity contribution in [2.45, 2.75) is 24.7 Å². The van der Waals surface area contributed by atoms with E-state index in [4.69, 9.17) is 5.11 Å². The maximum atomic E-state index is 12.0. The number of benzene rings is 1. The smallest absolute Gasteiger partial charge is 0.335 e. The Morgan fingerprint density at radius 3 is 2.53 bits per heavy atom. The van der Waals surface area contributed by atoms with Crippen LogP contribution >= 0.6 is 0 Å². The summed E-state index contributed by atoms with van der Waals surface area (Å²) in [5, 5.41) is 8.82. The summed E-state index contributed by atoms with van der Waals surface area (Å²) in [4.78, 5) is 10.5. The quantitative estimate of drug-likeness (QED) is 0.832. The highest BCUT2D eigenvalue weighted by molar-refractivity contribution is 7.89. The molecule has 1 rings (SSSR count). The SMILES string of the molecule is CCc1ccc(C(=O)O)cc1S(=O)(=O)NCC(F)F. The van der Waals surface area contributed by atoms with Gasteiger partial charge in [0.15, 0.2) is 0 Å². The summed E-state index contributed by atoms with van der Waals surface area (Å²) in [6.45, 7) is 0.671. The van der Waals surface area contributed by atoms with Crippen molar-refractivity contribution < 1.29 is 27.1 Å². The molecule has 8 heteroatoms. The van der Waals surface area contributed by atoms with Crippen molar-refractivity contribution in [3.05, 3.63) is 29.3 Å². The van der Waals surface area contributed by atoms with E-state index in [0.717, 1.165) is 6.07 Å². The molecular formula is C11H13F2NO4S. The lowest BCUT2D eigenvalue weighted by atomic mass is 10.1. The van der Waals surface area contributed by atoms with Crippen molar-refractivity contribution in [2.24, 2.45) is 0 Å². The number of sulfonamides is 1. The minimum atomic E-state index is -4.15. The third kappa shape index (κ3) is 3.97. The van der Waals surface area contributed by atoms with Gasteiger partial charge in [-0.1, -0.05) is 13.0 Å². The van der Waals surface area contributed by atoms with Gasteiger partial charge >= 0.3 is 5.97 Å². The Balaban J connectivity index is 3.22. The largest absolute Gasteiger partial charge is 0.478 e. The second kappa shape index (κ2) is 6.07. The first kappa shape index (κ1) is 15.5. The maximum Gasteiger partial charge on any atom is 0.335 e. The van der Waals surface area contributed by atoms with Crippen LogP contribution in [0, 0.1) is 0 Å². The summed E-state index contributed by atoms with van der Waals surface area (Å²) >= 11 is 0. The Bertz CT molecular complexity index is 572. The van der Waals surface area contributed by atoms with Gasteiger partial charge in [-0.2, -0.15) is 0 Å². The lowest BCUT2D eigenvalue weighted by molar-refractivity contribution is 0.0696. The molecule has 19 heavy (non-hydrogen) atoms. The predicted molar refractivity (Wildman–Crippen MR) is 64.0 cm³/mol. The van der Waals surface area contributed by atoms with E-state index in [1.54, 1.807) is 11.6 Å². The van der Waals surface area contributed by atoms with Gasteiger partial charge in [-0.05, 0) is 24.1 Å². The first-order chi connectivity index (χ1) is 8.77. The molecule has 0 aromatic heterocycles. The zero-order valence-corrected chi connectivity index (χ0v) is 10.9. The van der Waals surface area contributed by atoms with Gasteiger partial charge in [-0.3, -0.25) is 0 Å². The molecule has 2 N–H and O–H groups in total. The summed E-state index contributed by atoms with van der Waals surface area (Å²) in [6, 6.07) is 3.60. The van der Waals surface area contributed by atoms with Gasteiger partial charge < -0.3 is 5.11 Å². The molecule has 0 saturated carbocycles. The standard InChI is InChI=1S/C11H13F2NO4S/c1-2-7-3-4-8(11(15)16)5-9(7)19(17,18)14-6-10(12)13/h3-5,10,14H,2,6H2,1H3,(H,15,16). The third-order valence-corrected chi connectivity index (χ3v) is 3.92. The summed E-state index contributed by atoms with van der Waals surface area (Å²) < 4.78 is 49.6. The topological polar surface area (TPSA) is 83.5 Å². The molecule has 5 nitrogen and oxygen atoms in total. The number of carbonyl (C=O) groups is 1. The molecule has 0 saturated heterocycles. The van der Waals surface area contributed by atoms with E-state index < -0.39 is 29.0 Å². The average molecular weight is 293 g/mol. The number of aryl methyl sites for hydroxylation is 1. The summed E-state index contributed by atoms with van der Waals surface area (Å²) in [7, 11) is -4.15. The summed E-state index contributed by atoms with van der Waals surface area (Å²) in [5.74, 6) is -1.28. The Morgan fingerprint density at radius 2 is 2.05 bits per heavy atom. The van der Waals surface area contributed by atoms with Crippen LogP contribution < -0.4 is 4.72 Å². The number of carboxylic acids is 1. The molecule has 0 atom stereocenters. The van der Waals surface area contributed by atoms with Gasteiger partial charge in [0.05, 0.1) is 17.0 Å². The van der Waals surface area contributed by atoms with Crippen LogP contribution in [0.3, 0.4) is 0 Å². The van der Waals surface area contributed by atoms with Crippen LogP contribution in [-0.2, 0) is 16.4 Å². The molecule has 106 valence electrons. The average Bonchev–Trinajstić information content (AvgIpc) is 2.35. The maximum absolute atomic E-state index is 12.0. The van der Waals surface area contributed by atoms with Crippen LogP contribution in [-0.4, -0.2) is 32.5 Å². The first-order valence-corrected chi connectivity index (χ1v) is 6.90. The molecule has 0 aliphatic carbocycles. The van der Waals surface area contributed by atoms with Crippen LogP contribution in [0.15, 0.2) is 23.1 Å². The molecule has 1 aromatic carbocycles. The molecule has 0 fully saturated rings. The monoisotopic (exact) mass is 293 g/mol. The van der Waals surface area contributed by atoms with Gasteiger partial charge in [-0.25, -0.2) is 26.7 Å². The number of carboxylic acid groups (broad SMARTS) is 1. The highest BCUT2D eigenvalue weighted by Gasteiger charge is 2.21. The lowest BCUT2D eigenvalue weighted by Gasteiger charge is -2.11. The molecule has 1 aromatic rings. The van der Waals surface area contributed by atoms with Crippen molar-refractivity contribution in [1.82, 2.24) is 4.72 Å². The van der Waals surface area contributed by atoms with E-state index in [1.807, 2.05) is 0 Å². The Kier molecular flexibility index (Phi) is 4.96. The number of halogens is 2. The molecule has 0 bridgehead atoms. The van der Waals surface area contributed by atoms with E-state index in [0.29, 0.717) is 12.0 Å². The van der Waals surface area contributed by atoms with Crippen molar-refractivity contribution in [1.29, 1.82) is 0 Å². The van der Waals surface area contributed by atoms with Crippen LogP contribution in [0.4, 0.5) is 8.78 Å². The van der Waals surface area contributed by atoms with E-state index in [2.05, 4.69) is 0 Å².